The Kier molecular flexibility index (Phi) is 7.28. The maximum atomic E-state index is 13.9. The lowest BCUT2D eigenvalue weighted by Gasteiger charge is -2.33. The highest BCUT2D eigenvalue weighted by Gasteiger charge is 2.37. The summed E-state index contributed by atoms with van der Waals surface area (Å²) < 4.78 is 3.95. The van der Waals surface area contributed by atoms with Gasteiger partial charge < -0.3 is 16.8 Å². The monoisotopic (exact) mass is 499 g/mol. The van der Waals surface area contributed by atoms with E-state index < -0.39 is 29.3 Å². The number of aromatic nitrogens is 1. The standard InChI is InChI=1S/C24H26ClN5O3S/c1-13-5-11-16(12-6-13)30(23(33)20-17(26)18(21(27)31)29-34-20)19(22(32)28-24(2,3)4)14-7-9-15(25)10-8-14/h5-12,19H,26H2,1-4H3,(H2,27,31)(H,28,32). The Morgan fingerprint density at radius 1 is 1.06 bits per heavy atom. The van der Waals surface area contributed by atoms with Crippen molar-refractivity contribution < 1.29 is 14.4 Å². The molecule has 178 valence electrons. The van der Waals surface area contributed by atoms with Gasteiger partial charge in [0.1, 0.15) is 10.9 Å². The summed E-state index contributed by atoms with van der Waals surface area (Å²) in [6.45, 7) is 7.46. The predicted octanol–water partition coefficient (Wildman–Crippen LogP) is 4.09. The lowest BCUT2D eigenvalue weighted by molar-refractivity contribution is -0.123. The van der Waals surface area contributed by atoms with Crippen molar-refractivity contribution in [2.24, 2.45) is 5.73 Å². The first-order valence-electron chi connectivity index (χ1n) is 10.4. The van der Waals surface area contributed by atoms with Crippen LogP contribution in [0.1, 0.15) is 58.1 Å². The number of amides is 3. The van der Waals surface area contributed by atoms with E-state index in [1.54, 1.807) is 36.4 Å². The van der Waals surface area contributed by atoms with Gasteiger partial charge in [0.2, 0.25) is 5.91 Å². The fraction of sp³-hybridized carbons (Fsp3) is 0.250. The molecule has 0 aliphatic rings. The third kappa shape index (κ3) is 5.55. The minimum absolute atomic E-state index is 0.0110. The minimum Gasteiger partial charge on any atom is -0.395 e. The number of aryl methyl sites for hydroxylation is 1. The van der Waals surface area contributed by atoms with Crippen LogP contribution in [0.4, 0.5) is 11.4 Å². The van der Waals surface area contributed by atoms with E-state index in [2.05, 4.69) is 9.69 Å². The number of nitrogen functional groups attached to an aromatic ring is 1. The summed E-state index contributed by atoms with van der Waals surface area (Å²) >= 11 is 6.84. The summed E-state index contributed by atoms with van der Waals surface area (Å²) in [5.74, 6) is -1.83. The van der Waals surface area contributed by atoms with Gasteiger partial charge in [-0.2, -0.15) is 4.37 Å². The smallest absolute Gasteiger partial charge is 0.273 e. The second-order valence-electron chi connectivity index (χ2n) is 8.84. The number of rotatable bonds is 6. The van der Waals surface area contributed by atoms with Gasteiger partial charge in [0.15, 0.2) is 5.69 Å². The van der Waals surface area contributed by atoms with Crippen molar-refractivity contribution >= 4 is 52.2 Å². The Morgan fingerprint density at radius 3 is 2.15 bits per heavy atom. The SMILES string of the molecule is Cc1ccc(N(C(=O)c2snc(C(N)=O)c2N)C(C(=O)NC(C)(C)C)c2ccc(Cl)cc2)cc1. The number of nitrogens with two attached hydrogens (primary N) is 2. The molecule has 1 atom stereocenters. The number of carbonyl (C=O) groups is 3. The molecule has 3 amide bonds. The van der Waals surface area contributed by atoms with E-state index >= 15 is 0 Å². The van der Waals surface area contributed by atoms with Gasteiger partial charge in [-0.3, -0.25) is 19.3 Å². The van der Waals surface area contributed by atoms with Crippen LogP contribution < -0.4 is 21.7 Å². The molecule has 1 heterocycles. The van der Waals surface area contributed by atoms with Gasteiger partial charge in [-0.25, -0.2) is 0 Å². The Morgan fingerprint density at radius 2 is 1.65 bits per heavy atom. The van der Waals surface area contributed by atoms with Gasteiger partial charge in [0, 0.05) is 16.2 Å². The molecular formula is C24H26ClN5O3S. The van der Waals surface area contributed by atoms with Crippen LogP contribution in [-0.4, -0.2) is 27.6 Å². The van der Waals surface area contributed by atoms with E-state index in [0.29, 0.717) is 16.3 Å². The van der Waals surface area contributed by atoms with Crippen molar-refractivity contribution in [2.75, 3.05) is 10.6 Å². The highest BCUT2D eigenvalue weighted by atomic mass is 35.5. The van der Waals surface area contributed by atoms with Crippen molar-refractivity contribution in [2.45, 2.75) is 39.3 Å². The number of hydrogen-bond donors (Lipinski definition) is 3. The molecular weight excluding hydrogens is 474 g/mol. The molecule has 0 radical (unpaired) electrons. The fourth-order valence-corrected chi connectivity index (χ4v) is 4.20. The van der Waals surface area contributed by atoms with E-state index in [1.807, 2.05) is 39.8 Å². The Labute approximate surface area is 207 Å². The van der Waals surface area contributed by atoms with E-state index in [1.165, 1.54) is 4.90 Å². The average molecular weight is 500 g/mol. The molecule has 3 aromatic rings. The molecule has 3 rings (SSSR count). The van der Waals surface area contributed by atoms with E-state index in [4.69, 9.17) is 23.1 Å². The van der Waals surface area contributed by atoms with Crippen molar-refractivity contribution in [3.63, 3.8) is 0 Å². The van der Waals surface area contributed by atoms with Gasteiger partial charge in [0.25, 0.3) is 11.8 Å². The average Bonchev–Trinajstić information content (AvgIpc) is 3.13. The number of anilines is 2. The van der Waals surface area contributed by atoms with Crippen LogP contribution in [0.25, 0.3) is 0 Å². The number of nitrogens with zero attached hydrogens (tertiary/aromatic N) is 2. The number of nitrogens with one attached hydrogen (secondary N) is 1. The maximum absolute atomic E-state index is 13.9. The molecule has 0 bridgehead atoms. The summed E-state index contributed by atoms with van der Waals surface area (Å²) in [5.41, 5.74) is 12.5. The summed E-state index contributed by atoms with van der Waals surface area (Å²) in [6, 6.07) is 12.8. The lowest BCUT2D eigenvalue weighted by Crippen LogP contribution is -2.49. The normalized spacial score (nSPS) is 12.1. The molecule has 10 heteroatoms. The second kappa shape index (κ2) is 9.82. The van der Waals surface area contributed by atoms with E-state index in [9.17, 15) is 14.4 Å². The molecule has 0 spiro atoms. The molecule has 0 aliphatic carbocycles. The molecule has 5 N–H and O–H groups in total. The zero-order valence-electron chi connectivity index (χ0n) is 19.3. The topological polar surface area (TPSA) is 131 Å². The van der Waals surface area contributed by atoms with Gasteiger partial charge >= 0.3 is 0 Å². The molecule has 0 aliphatic heterocycles. The number of carbonyl (C=O) groups excluding carboxylic acids is 3. The van der Waals surface area contributed by atoms with Crippen molar-refractivity contribution in [3.05, 3.63) is 75.3 Å². The first-order valence-corrected chi connectivity index (χ1v) is 11.6. The highest BCUT2D eigenvalue weighted by Crippen LogP contribution is 2.34. The lowest BCUT2D eigenvalue weighted by atomic mass is 10.00. The van der Waals surface area contributed by atoms with Crippen molar-refractivity contribution in [3.8, 4) is 0 Å². The summed E-state index contributed by atoms with van der Waals surface area (Å²) in [7, 11) is 0. The highest BCUT2D eigenvalue weighted by molar-refractivity contribution is 7.09. The molecule has 8 nitrogen and oxygen atoms in total. The zero-order valence-corrected chi connectivity index (χ0v) is 20.8. The van der Waals surface area contributed by atoms with Gasteiger partial charge in [-0.1, -0.05) is 41.4 Å². The molecule has 0 saturated carbocycles. The van der Waals surface area contributed by atoms with E-state index in [0.717, 1.165) is 17.1 Å². The van der Waals surface area contributed by atoms with E-state index in [-0.39, 0.29) is 16.3 Å². The molecule has 2 aromatic carbocycles. The number of halogens is 1. The molecule has 1 unspecified atom stereocenters. The third-order valence-electron chi connectivity index (χ3n) is 4.88. The summed E-state index contributed by atoms with van der Waals surface area (Å²) in [6.07, 6.45) is 0. The van der Waals surface area contributed by atoms with Crippen molar-refractivity contribution in [1.82, 2.24) is 9.69 Å². The van der Waals surface area contributed by atoms with Gasteiger partial charge in [-0.15, -0.1) is 0 Å². The molecule has 0 fully saturated rings. The maximum Gasteiger partial charge on any atom is 0.273 e. The van der Waals surface area contributed by atoms with Crippen LogP contribution in [0.5, 0.6) is 0 Å². The fourth-order valence-electron chi connectivity index (χ4n) is 3.33. The Balaban J connectivity index is 2.22. The van der Waals surface area contributed by atoms with Crippen LogP contribution in [0.15, 0.2) is 48.5 Å². The Bertz CT molecular complexity index is 1220. The summed E-state index contributed by atoms with van der Waals surface area (Å²) in [4.78, 5) is 40.5. The van der Waals surface area contributed by atoms with Crippen LogP contribution in [-0.2, 0) is 4.79 Å². The quantitative estimate of drug-likeness (QED) is 0.470. The molecule has 0 saturated heterocycles. The molecule has 1 aromatic heterocycles. The molecule has 34 heavy (non-hydrogen) atoms. The largest absolute Gasteiger partial charge is 0.395 e. The van der Waals surface area contributed by atoms with Crippen LogP contribution in [0.3, 0.4) is 0 Å². The van der Waals surface area contributed by atoms with Crippen LogP contribution in [0, 0.1) is 6.92 Å². The van der Waals surface area contributed by atoms with Gasteiger partial charge in [0.05, 0.1) is 5.69 Å². The summed E-state index contributed by atoms with van der Waals surface area (Å²) in [5, 5.41) is 3.45. The predicted molar refractivity (Wildman–Crippen MR) is 135 cm³/mol. The minimum atomic E-state index is -1.06. The first-order chi connectivity index (χ1) is 15.9. The van der Waals surface area contributed by atoms with Crippen LogP contribution in [0.2, 0.25) is 5.02 Å². The van der Waals surface area contributed by atoms with Gasteiger partial charge in [-0.05, 0) is 69.1 Å². The zero-order chi connectivity index (χ0) is 25.2. The Hall–Kier alpha value is -3.43. The number of primary amides is 1. The second-order valence-corrected chi connectivity index (χ2v) is 10.1. The number of benzene rings is 2. The number of hydrogen-bond acceptors (Lipinski definition) is 6. The van der Waals surface area contributed by atoms with Crippen LogP contribution >= 0.6 is 23.1 Å². The third-order valence-corrected chi connectivity index (χ3v) is 5.98. The van der Waals surface area contributed by atoms with Crippen molar-refractivity contribution in [1.29, 1.82) is 0 Å². The first kappa shape index (κ1) is 25.2.